The molecule has 0 aliphatic heterocycles. The van der Waals surface area contributed by atoms with Gasteiger partial charge in [-0.1, -0.05) is 18.2 Å². The number of hydrogen-bond donors (Lipinski definition) is 2. The van der Waals surface area contributed by atoms with Crippen molar-refractivity contribution in [2.75, 3.05) is 25.0 Å². The van der Waals surface area contributed by atoms with Crippen molar-refractivity contribution in [2.24, 2.45) is 5.10 Å². The fourth-order valence-corrected chi connectivity index (χ4v) is 1.67. The SMILES string of the molecule is C=CCNC(=S)N/N=C\c1ccc(N(C)CCC#N)cc1. The third-order valence-corrected chi connectivity index (χ3v) is 2.92. The summed E-state index contributed by atoms with van der Waals surface area (Å²) in [6.07, 6.45) is 3.93. The quantitative estimate of drug-likeness (QED) is 0.349. The zero-order valence-corrected chi connectivity index (χ0v) is 12.9. The Morgan fingerprint density at radius 3 is 2.81 bits per heavy atom. The smallest absolute Gasteiger partial charge is 0.187 e. The van der Waals surface area contributed by atoms with Gasteiger partial charge in [-0.3, -0.25) is 5.43 Å². The van der Waals surface area contributed by atoms with Crippen molar-refractivity contribution in [3.05, 3.63) is 42.5 Å². The molecule has 0 aliphatic rings. The predicted octanol–water partition coefficient (Wildman–Crippen LogP) is 2.02. The van der Waals surface area contributed by atoms with E-state index < -0.39 is 0 Å². The molecule has 1 aromatic rings. The minimum absolute atomic E-state index is 0.457. The van der Waals surface area contributed by atoms with Crippen LogP contribution in [0.4, 0.5) is 5.69 Å². The highest BCUT2D eigenvalue weighted by atomic mass is 32.1. The maximum Gasteiger partial charge on any atom is 0.187 e. The Labute approximate surface area is 131 Å². The Kier molecular flexibility index (Phi) is 7.54. The normalized spacial score (nSPS) is 9.90. The number of thiocarbonyl (C=S) groups is 1. The number of hydrogen-bond acceptors (Lipinski definition) is 4. The third-order valence-electron chi connectivity index (χ3n) is 2.68. The summed E-state index contributed by atoms with van der Waals surface area (Å²) in [7, 11) is 1.96. The summed E-state index contributed by atoms with van der Waals surface area (Å²) in [5, 5.41) is 16.0. The van der Waals surface area contributed by atoms with E-state index in [4.69, 9.17) is 17.5 Å². The monoisotopic (exact) mass is 301 g/mol. The second kappa shape index (κ2) is 9.50. The van der Waals surface area contributed by atoms with E-state index in [2.05, 4.69) is 28.5 Å². The van der Waals surface area contributed by atoms with Gasteiger partial charge in [0.15, 0.2) is 5.11 Å². The van der Waals surface area contributed by atoms with Crippen molar-refractivity contribution in [3.8, 4) is 6.07 Å². The van der Waals surface area contributed by atoms with Crippen LogP contribution in [0, 0.1) is 11.3 Å². The van der Waals surface area contributed by atoms with Gasteiger partial charge in [-0.25, -0.2) is 0 Å². The van der Waals surface area contributed by atoms with Crippen LogP contribution in [0.5, 0.6) is 0 Å². The van der Waals surface area contributed by atoms with Crippen molar-refractivity contribution >= 4 is 29.2 Å². The van der Waals surface area contributed by atoms with Gasteiger partial charge in [-0.2, -0.15) is 10.4 Å². The summed E-state index contributed by atoms with van der Waals surface area (Å²) in [5.74, 6) is 0. The van der Waals surface area contributed by atoms with Crippen LogP contribution in [0.2, 0.25) is 0 Å². The number of rotatable bonds is 7. The predicted molar refractivity (Wildman–Crippen MR) is 91.5 cm³/mol. The average Bonchev–Trinajstić information content (AvgIpc) is 2.51. The zero-order chi connectivity index (χ0) is 15.5. The van der Waals surface area contributed by atoms with E-state index in [-0.39, 0.29) is 0 Å². The van der Waals surface area contributed by atoms with Crippen LogP contribution in [-0.4, -0.2) is 31.5 Å². The van der Waals surface area contributed by atoms with Gasteiger partial charge in [0.2, 0.25) is 0 Å². The fraction of sp³-hybridized carbons (Fsp3) is 0.267. The zero-order valence-electron chi connectivity index (χ0n) is 12.0. The molecule has 0 radical (unpaired) electrons. The number of anilines is 1. The lowest BCUT2D eigenvalue weighted by Crippen LogP contribution is -2.31. The van der Waals surface area contributed by atoms with E-state index in [1.807, 2.05) is 36.2 Å². The summed E-state index contributed by atoms with van der Waals surface area (Å²) < 4.78 is 0. The first-order valence-corrected chi connectivity index (χ1v) is 6.94. The molecule has 1 aromatic carbocycles. The minimum Gasteiger partial charge on any atom is -0.374 e. The van der Waals surface area contributed by atoms with Gasteiger partial charge in [-0.15, -0.1) is 6.58 Å². The number of nitriles is 1. The largest absolute Gasteiger partial charge is 0.374 e. The number of benzene rings is 1. The summed E-state index contributed by atoms with van der Waals surface area (Å²) >= 11 is 5.01. The molecule has 0 aliphatic carbocycles. The molecule has 0 aromatic heterocycles. The average molecular weight is 301 g/mol. The Hall–Kier alpha value is -2.39. The molecule has 21 heavy (non-hydrogen) atoms. The van der Waals surface area contributed by atoms with Gasteiger partial charge in [0.1, 0.15) is 0 Å². The molecule has 0 atom stereocenters. The van der Waals surface area contributed by atoms with E-state index in [0.29, 0.717) is 24.6 Å². The Bertz CT molecular complexity index is 530. The first kappa shape index (κ1) is 16.7. The van der Waals surface area contributed by atoms with E-state index >= 15 is 0 Å². The molecule has 1 rings (SSSR count). The first-order valence-electron chi connectivity index (χ1n) is 6.53. The maximum atomic E-state index is 8.58. The molecule has 0 bridgehead atoms. The van der Waals surface area contributed by atoms with Crippen LogP contribution in [0.25, 0.3) is 0 Å². The second-order valence-electron chi connectivity index (χ2n) is 4.29. The van der Waals surface area contributed by atoms with Crippen molar-refractivity contribution < 1.29 is 0 Å². The summed E-state index contributed by atoms with van der Waals surface area (Å²) in [4.78, 5) is 2.04. The van der Waals surface area contributed by atoms with Gasteiger partial charge < -0.3 is 10.2 Å². The van der Waals surface area contributed by atoms with Gasteiger partial charge >= 0.3 is 0 Å². The molecule has 0 saturated heterocycles. The molecule has 110 valence electrons. The number of nitrogens with zero attached hydrogens (tertiary/aromatic N) is 3. The van der Waals surface area contributed by atoms with Crippen molar-refractivity contribution in [3.63, 3.8) is 0 Å². The summed E-state index contributed by atoms with van der Waals surface area (Å²) in [5.41, 5.74) is 4.76. The van der Waals surface area contributed by atoms with Crippen molar-refractivity contribution in [1.82, 2.24) is 10.7 Å². The van der Waals surface area contributed by atoms with Crippen molar-refractivity contribution in [1.29, 1.82) is 5.26 Å². The molecule has 0 saturated carbocycles. The molecule has 0 amide bonds. The number of nitrogens with one attached hydrogen (secondary N) is 2. The molecular weight excluding hydrogens is 282 g/mol. The minimum atomic E-state index is 0.457. The maximum absolute atomic E-state index is 8.58. The fourth-order valence-electron chi connectivity index (χ4n) is 1.53. The van der Waals surface area contributed by atoms with E-state index in [9.17, 15) is 0 Å². The van der Waals surface area contributed by atoms with Gasteiger partial charge in [-0.05, 0) is 29.9 Å². The van der Waals surface area contributed by atoms with Crippen LogP contribution in [-0.2, 0) is 0 Å². The highest BCUT2D eigenvalue weighted by Crippen LogP contribution is 2.13. The lowest BCUT2D eigenvalue weighted by molar-refractivity contribution is 0.905. The van der Waals surface area contributed by atoms with E-state index in [1.54, 1.807) is 12.3 Å². The van der Waals surface area contributed by atoms with Gasteiger partial charge in [0.25, 0.3) is 0 Å². The molecule has 0 heterocycles. The molecule has 6 heteroatoms. The molecule has 0 unspecified atom stereocenters. The second-order valence-corrected chi connectivity index (χ2v) is 4.70. The molecule has 0 spiro atoms. The Balaban J connectivity index is 2.49. The molecular formula is C15H19N5S. The van der Waals surface area contributed by atoms with Crippen LogP contribution in [0.3, 0.4) is 0 Å². The molecule has 0 fully saturated rings. The molecule has 2 N–H and O–H groups in total. The lowest BCUT2D eigenvalue weighted by Gasteiger charge is -2.17. The Morgan fingerprint density at radius 1 is 1.48 bits per heavy atom. The highest BCUT2D eigenvalue weighted by molar-refractivity contribution is 7.80. The standard InChI is InChI=1S/C15H19N5S/c1-3-10-17-15(21)19-18-12-13-5-7-14(8-6-13)20(2)11-4-9-16/h3,5-8,12H,1,4,10-11H2,2H3,(H2,17,19,21)/b18-12-. The van der Waals surface area contributed by atoms with Gasteiger partial charge in [0, 0.05) is 25.8 Å². The third kappa shape index (κ3) is 6.54. The van der Waals surface area contributed by atoms with Crippen LogP contribution in [0.15, 0.2) is 42.0 Å². The lowest BCUT2D eigenvalue weighted by atomic mass is 10.2. The molecule has 5 nitrogen and oxygen atoms in total. The van der Waals surface area contributed by atoms with E-state index in [0.717, 1.165) is 11.3 Å². The first-order chi connectivity index (χ1) is 10.2. The van der Waals surface area contributed by atoms with Crippen molar-refractivity contribution in [2.45, 2.75) is 6.42 Å². The highest BCUT2D eigenvalue weighted by Gasteiger charge is 1.99. The van der Waals surface area contributed by atoms with E-state index in [1.165, 1.54) is 0 Å². The van der Waals surface area contributed by atoms with Crippen LogP contribution in [0.1, 0.15) is 12.0 Å². The summed E-state index contributed by atoms with van der Waals surface area (Å²) in [6.45, 7) is 4.91. The van der Waals surface area contributed by atoms with Gasteiger partial charge in [0.05, 0.1) is 18.7 Å². The number of hydrazone groups is 1. The summed E-state index contributed by atoms with van der Waals surface area (Å²) in [6, 6.07) is 10.0. The Morgan fingerprint density at radius 2 is 2.19 bits per heavy atom. The van der Waals surface area contributed by atoms with Crippen LogP contribution < -0.4 is 15.6 Å². The van der Waals surface area contributed by atoms with Crippen LogP contribution >= 0.6 is 12.2 Å². The topological polar surface area (TPSA) is 63.5 Å².